The summed E-state index contributed by atoms with van der Waals surface area (Å²) >= 11 is 1.64. The largest absolute Gasteiger partial charge is 0.467 e. The van der Waals surface area contributed by atoms with E-state index in [1.165, 1.54) is 23.3 Å². The normalized spacial score (nSPS) is 14.2. The topological polar surface area (TPSA) is 109 Å². The molecular weight excluding hydrogens is 480 g/mol. The van der Waals surface area contributed by atoms with E-state index in [4.69, 9.17) is 13.7 Å². The molecule has 3 heterocycles. The van der Waals surface area contributed by atoms with E-state index < -0.39 is 16.3 Å². The second kappa shape index (κ2) is 10.2. The summed E-state index contributed by atoms with van der Waals surface area (Å²) < 4.78 is 43.9. The van der Waals surface area contributed by atoms with Crippen molar-refractivity contribution in [3.63, 3.8) is 0 Å². The number of nitrogens with zero attached hydrogens (tertiary/aromatic N) is 4. The number of thioether (sulfide) groups is 1. The fourth-order valence-electron chi connectivity index (χ4n) is 3.54. The molecule has 0 fully saturated rings. The zero-order chi connectivity index (χ0) is 24.3. The molecule has 0 bridgehead atoms. The van der Waals surface area contributed by atoms with E-state index >= 15 is 0 Å². The van der Waals surface area contributed by atoms with Gasteiger partial charge in [0, 0.05) is 45.0 Å². The predicted molar refractivity (Wildman–Crippen MR) is 125 cm³/mol. The Morgan fingerprint density at radius 2 is 1.97 bits per heavy atom. The molecule has 4 rings (SSSR count). The molecule has 1 aliphatic rings. The van der Waals surface area contributed by atoms with E-state index in [2.05, 4.69) is 5.16 Å². The summed E-state index contributed by atoms with van der Waals surface area (Å²) in [7, 11) is -0.691. The molecule has 0 N–H and O–H groups in total. The highest BCUT2D eigenvalue weighted by Gasteiger charge is 2.34. The molecule has 0 radical (unpaired) electrons. The number of hydrogen-bond donors (Lipinski definition) is 0. The number of fused-ring (bicyclic) bond motifs is 1. The van der Waals surface area contributed by atoms with Gasteiger partial charge in [0.25, 0.3) is 16.1 Å². The molecule has 1 aromatic carbocycles. The number of hydrogen-bond acceptors (Lipinski definition) is 8. The maximum atomic E-state index is 13.2. The van der Waals surface area contributed by atoms with Crippen LogP contribution in [0.1, 0.15) is 22.6 Å². The van der Waals surface area contributed by atoms with E-state index in [9.17, 15) is 13.2 Å². The van der Waals surface area contributed by atoms with E-state index in [-0.39, 0.29) is 32.1 Å². The highest BCUT2D eigenvalue weighted by molar-refractivity contribution is 7.98. The summed E-state index contributed by atoms with van der Waals surface area (Å²) in [5.74, 6) is 1.09. The Kier molecular flexibility index (Phi) is 7.31. The summed E-state index contributed by atoms with van der Waals surface area (Å²) in [6.07, 6.45) is 3.23. The van der Waals surface area contributed by atoms with Crippen LogP contribution in [0.4, 0.5) is 4.79 Å². The van der Waals surface area contributed by atoms with Crippen molar-refractivity contribution in [3.8, 4) is 5.88 Å². The second-order valence-electron chi connectivity index (χ2n) is 7.91. The van der Waals surface area contributed by atoms with Crippen molar-refractivity contribution in [3.05, 3.63) is 65.3 Å². The Hall–Kier alpha value is -2.80. The highest BCUT2D eigenvalue weighted by Crippen LogP contribution is 2.30. The lowest BCUT2D eigenvalue weighted by Crippen LogP contribution is -2.42. The first kappa shape index (κ1) is 24.3. The Bertz CT molecular complexity index is 1220. The first-order valence-corrected chi connectivity index (χ1v) is 13.2. The smallest absolute Gasteiger partial charge is 0.417 e. The van der Waals surface area contributed by atoms with Gasteiger partial charge < -0.3 is 13.7 Å². The van der Waals surface area contributed by atoms with Crippen molar-refractivity contribution < 1.29 is 26.9 Å². The van der Waals surface area contributed by atoms with Gasteiger partial charge in [0.2, 0.25) is 0 Å². The van der Waals surface area contributed by atoms with Gasteiger partial charge in [-0.05, 0) is 41.2 Å². The van der Waals surface area contributed by atoms with Gasteiger partial charge in [-0.15, -0.1) is 11.8 Å². The number of carbonyl (C=O) groups excluding carboxylic acids is 1. The lowest BCUT2D eigenvalue weighted by molar-refractivity contribution is 0.138. The maximum absolute atomic E-state index is 13.2. The van der Waals surface area contributed by atoms with E-state index in [1.54, 1.807) is 30.2 Å². The Labute approximate surface area is 202 Å². The minimum Gasteiger partial charge on any atom is -0.467 e. The molecule has 10 nitrogen and oxygen atoms in total. The van der Waals surface area contributed by atoms with Gasteiger partial charge in [0.05, 0.1) is 18.4 Å². The van der Waals surface area contributed by atoms with Gasteiger partial charge in [0.1, 0.15) is 11.5 Å². The Balaban J connectivity index is 1.53. The quantitative estimate of drug-likeness (QED) is 0.428. The number of rotatable bonds is 8. The van der Waals surface area contributed by atoms with Crippen molar-refractivity contribution in [1.82, 2.24) is 18.7 Å². The van der Waals surface area contributed by atoms with Crippen LogP contribution in [-0.4, -0.2) is 60.1 Å². The van der Waals surface area contributed by atoms with Crippen LogP contribution in [0.2, 0.25) is 0 Å². The molecule has 1 amide bonds. The first-order valence-electron chi connectivity index (χ1n) is 10.5. The van der Waals surface area contributed by atoms with Gasteiger partial charge >= 0.3 is 6.09 Å². The zero-order valence-electron chi connectivity index (χ0n) is 19.1. The number of ether oxygens (including phenoxy) is 1. The molecule has 1 aliphatic heterocycles. The highest BCUT2D eigenvalue weighted by atomic mass is 32.2. The fraction of sp³-hybridized carbons (Fsp3) is 0.364. The molecule has 0 saturated heterocycles. The minimum atomic E-state index is -3.63. The monoisotopic (exact) mass is 506 g/mol. The summed E-state index contributed by atoms with van der Waals surface area (Å²) in [6, 6.07) is 11.4. The molecule has 0 saturated carbocycles. The van der Waals surface area contributed by atoms with Crippen molar-refractivity contribution in [2.45, 2.75) is 31.0 Å². The van der Waals surface area contributed by atoms with Crippen LogP contribution in [0.15, 0.2) is 56.5 Å². The fourth-order valence-corrected chi connectivity index (χ4v) is 5.03. The first-order chi connectivity index (χ1) is 16.3. The van der Waals surface area contributed by atoms with Crippen LogP contribution in [-0.2, 0) is 36.3 Å². The van der Waals surface area contributed by atoms with Crippen LogP contribution >= 0.6 is 11.8 Å². The molecule has 0 spiro atoms. The van der Waals surface area contributed by atoms with E-state index in [1.807, 2.05) is 30.5 Å². The number of benzene rings is 1. The average molecular weight is 507 g/mol. The molecule has 0 unspecified atom stereocenters. The SMILES string of the molecule is CSc1ccc(CN(Cc2ccco2)C(=O)Oc2noc3c2CN(S(=O)(=O)N(C)C)CC3)cc1. The molecule has 182 valence electrons. The number of amides is 1. The number of carbonyl (C=O) groups is 1. The summed E-state index contributed by atoms with van der Waals surface area (Å²) in [4.78, 5) is 15.8. The summed E-state index contributed by atoms with van der Waals surface area (Å²) in [5, 5.41) is 3.90. The van der Waals surface area contributed by atoms with Crippen molar-refractivity contribution >= 4 is 28.1 Å². The van der Waals surface area contributed by atoms with Crippen molar-refractivity contribution in [2.24, 2.45) is 0 Å². The van der Waals surface area contributed by atoms with Crippen molar-refractivity contribution in [1.29, 1.82) is 0 Å². The third kappa shape index (κ3) is 5.30. The zero-order valence-corrected chi connectivity index (χ0v) is 20.8. The molecule has 0 atom stereocenters. The van der Waals surface area contributed by atoms with E-state index in [0.717, 1.165) is 14.8 Å². The van der Waals surface area contributed by atoms with Gasteiger partial charge in [0.15, 0.2) is 0 Å². The molecule has 12 heteroatoms. The van der Waals surface area contributed by atoms with E-state index in [0.29, 0.717) is 23.5 Å². The standard InChI is InChI=1S/C22H26N4O6S2/c1-24(2)34(28,29)26-11-10-20-19(15-26)21(23-32-20)31-22(27)25(14-17-5-4-12-30-17)13-16-6-8-18(33-3)9-7-16/h4-9,12H,10-11,13-15H2,1-3H3. The lowest BCUT2D eigenvalue weighted by atomic mass is 10.1. The molecule has 3 aromatic rings. The lowest BCUT2D eigenvalue weighted by Gasteiger charge is -2.28. The van der Waals surface area contributed by atoms with Crippen LogP contribution in [0.25, 0.3) is 0 Å². The predicted octanol–water partition coefficient (Wildman–Crippen LogP) is 3.36. The van der Waals surface area contributed by atoms with Gasteiger partial charge in [-0.1, -0.05) is 12.1 Å². The van der Waals surface area contributed by atoms with Crippen LogP contribution in [0.3, 0.4) is 0 Å². The Morgan fingerprint density at radius 3 is 2.62 bits per heavy atom. The summed E-state index contributed by atoms with van der Waals surface area (Å²) in [5.41, 5.74) is 1.37. The van der Waals surface area contributed by atoms with Gasteiger partial charge in [-0.3, -0.25) is 4.90 Å². The maximum Gasteiger partial charge on any atom is 0.417 e. The molecular formula is C22H26N4O6S2. The Morgan fingerprint density at radius 1 is 1.21 bits per heavy atom. The van der Waals surface area contributed by atoms with Crippen LogP contribution in [0, 0.1) is 0 Å². The van der Waals surface area contributed by atoms with Crippen LogP contribution < -0.4 is 4.74 Å². The molecule has 2 aromatic heterocycles. The van der Waals surface area contributed by atoms with Crippen LogP contribution in [0.5, 0.6) is 5.88 Å². The van der Waals surface area contributed by atoms with Gasteiger partial charge in [-0.2, -0.15) is 17.0 Å². The molecule has 0 aliphatic carbocycles. The average Bonchev–Trinajstić information content (AvgIpc) is 3.48. The van der Waals surface area contributed by atoms with Gasteiger partial charge in [-0.25, -0.2) is 4.79 Å². The third-order valence-corrected chi connectivity index (χ3v) is 8.08. The third-order valence-electron chi connectivity index (χ3n) is 5.45. The minimum absolute atomic E-state index is 0.0102. The van der Waals surface area contributed by atoms with Crippen molar-refractivity contribution in [2.75, 3.05) is 26.9 Å². The molecule has 34 heavy (non-hydrogen) atoms. The summed E-state index contributed by atoms with van der Waals surface area (Å²) in [6.45, 7) is 0.746. The number of aromatic nitrogens is 1. The number of furan rings is 1. The second-order valence-corrected chi connectivity index (χ2v) is 10.9.